The Morgan fingerprint density at radius 1 is 1.05 bits per heavy atom. The topological polar surface area (TPSA) is 160 Å². The Morgan fingerprint density at radius 3 is 2.46 bits per heavy atom. The summed E-state index contributed by atoms with van der Waals surface area (Å²) in [5, 5.41) is 11.5. The first-order chi connectivity index (χ1) is 27.2. The van der Waals surface area contributed by atoms with Crippen molar-refractivity contribution in [1.29, 1.82) is 0 Å². The Balaban J connectivity index is 0.835. The Morgan fingerprint density at radius 2 is 1.79 bits per heavy atom. The molecule has 300 valence electrons. The standard InChI is InChI=1S/C39H40F4N8O5S/c1-50-24-26(22-45-50)35-31(39(41,42)43)23-44-37(49-35)47-27-6-8-29(9-7-27)57(54,55)30-20-38(21-30)12-14-51(15-13-38)16-18-56-17-2-3-25-4-5-28(19-32(25)40)46-33-10-11-34(52)48-36(33)53/h4-9,19,22-24,30,33,46H,10-18,20-21H2,1H3,(H,44,47,49)(H,48,52,53). The fourth-order valence-corrected chi connectivity index (χ4v) is 9.48. The van der Waals surface area contributed by atoms with Gasteiger partial charge in [0.25, 0.3) is 0 Å². The fourth-order valence-electron chi connectivity index (χ4n) is 7.43. The SMILES string of the molecule is Cn1cc(-c2nc(Nc3ccc(S(=O)(=O)C4CC5(CCN(CCOCC#Cc6ccc(NC7CCC(=O)NC7=O)cc6F)CC5)C4)cc3)ncc2C(F)(F)F)cn1. The van der Waals surface area contributed by atoms with Crippen molar-refractivity contribution in [2.24, 2.45) is 12.5 Å². The highest BCUT2D eigenvalue weighted by atomic mass is 32.2. The number of carbonyl (C=O) groups excluding carboxylic acids is 2. The van der Waals surface area contributed by atoms with Crippen LogP contribution in [-0.2, 0) is 37.4 Å². The monoisotopic (exact) mass is 808 g/mol. The van der Waals surface area contributed by atoms with E-state index in [4.69, 9.17) is 4.74 Å². The minimum atomic E-state index is -4.67. The summed E-state index contributed by atoms with van der Waals surface area (Å²) in [5.74, 6) is 4.22. The normalized spacial score (nSPS) is 18.7. The summed E-state index contributed by atoms with van der Waals surface area (Å²) < 4.78 is 89.7. The van der Waals surface area contributed by atoms with Crippen LogP contribution in [-0.4, -0.2) is 89.0 Å². The molecule has 1 spiro atoms. The van der Waals surface area contributed by atoms with Gasteiger partial charge in [-0.2, -0.15) is 18.3 Å². The quantitative estimate of drug-likeness (QED) is 0.0803. The maximum atomic E-state index is 14.6. The largest absolute Gasteiger partial charge is 0.419 e. The molecule has 0 bridgehead atoms. The highest BCUT2D eigenvalue weighted by Gasteiger charge is 2.51. The summed E-state index contributed by atoms with van der Waals surface area (Å²) >= 11 is 0. The zero-order chi connectivity index (χ0) is 40.4. The van der Waals surface area contributed by atoms with E-state index >= 15 is 0 Å². The van der Waals surface area contributed by atoms with Gasteiger partial charge in [0.05, 0.1) is 34.2 Å². The molecule has 2 aromatic carbocycles. The molecule has 4 aromatic rings. The molecular weight excluding hydrogens is 769 g/mol. The van der Waals surface area contributed by atoms with E-state index in [2.05, 4.69) is 47.8 Å². The number of likely N-dealkylation sites (tertiary alicyclic amines) is 1. The number of hydrogen-bond donors (Lipinski definition) is 3. The van der Waals surface area contributed by atoms with E-state index in [1.54, 1.807) is 25.2 Å². The van der Waals surface area contributed by atoms with Crippen LogP contribution in [0.1, 0.15) is 49.7 Å². The van der Waals surface area contributed by atoms with Gasteiger partial charge < -0.3 is 20.3 Å². The zero-order valence-electron chi connectivity index (χ0n) is 30.9. The Labute approximate surface area is 326 Å². The molecule has 13 nitrogen and oxygen atoms in total. The van der Waals surface area contributed by atoms with E-state index in [0.29, 0.717) is 50.0 Å². The van der Waals surface area contributed by atoms with E-state index in [-0.39, 0.29) is 52.0 Å². The number of benzene rings is 2. The second-order valence-electron chi connectivity index (χ2n) is 14.6. The van der Waals surface area contributed by atoms with Crippen LogP contribution in [0.15, 0.2) is 66.0 Å². The van der Waals surface area contributed by atoms with Crippen LogP contribution < -0.4 is 16.0 Å². The molecule has 2 amide bonds. The molecule has 3 N–H and O–H groups in total. The second-order valence-corrected chi connectivity index (χ2v) is 16.8. The lowest BCUT2D eigenvalue weighted by atomic mass is 9.63. The number of piperidine rings is 2. The molecule has 2 aliphatic heterocycles. The number of amides is 2. The van der Waals surface area contributed by atoms with Crippen LogP contribution in [0.2, 0.25) is 0 Å². The number of halogens is 4. The summed E-state index contributed by atoms with van der Waals surface area (Å²) in [4.78, 5) is 33.7. The van der Waals surface area contributed by atoms with Gasteiger partial charge in [-0.15, -0.1) is 0 Å². The Bertz CT molecular complexity index is 2310. The third-order valence-electron chi connectivity index (χ3n) is 10.7. The fraction of sp³-hybridized carbons (Fsp3) is 0.410. The number of aromatic nitrogens is 4. The predicted molar refractivity (Wildman–Crippen MR) is 201 cm³/mol. The number of aryl methyl sites for hydroxylation is 1. The molecule has 3 fully saturated rings. The summed E-state index contributed by atoms with van der Waals surface area (Å²) in [6.45, 7) is 2.90. The highest BCUT2D eigenvalue weighted by Crippen LogP contribution is 2.52. The van der Waals surface area contributed by atoms with Crippen molar-refractivity contribution in [3.05, 3.63) is 78.0 Å². The second kappa shape index (κ2) is 16.2. The average Bonchev–Trinajstić information content (AvgIpc) is 3.60. The van der Waals surface area contributed by atoms with Gasteiger partial charge in [-0.25, -0.2) is 22.8 Å². The van der Waals surface area contributed by atoms with Crippen LogP contribution in [0, 0.1) is 23.1 Å². The lowest BCUT2D eigenvalue weighted by Crippen LogP contribution is -2.51. The maximum Gasteiger partial charge on any atom is 0.419 e. The number of nitrogens with zero attached hydrogens (tertiary/aromatic N) is 5. The molecule has 2 aromatic heterocycles. The number of rotatable bonds is 11. The molecular formula is C39H40F4N8O5S. The van der Waals surface area contributed by atoms with Gasteiger partial charge in [0, 0.05) is 49.3 Å². The predicted octanol–water partition coefficient (Wildman–Crippen LogP) is 5.08. The molecule has 1 atom stereocenters. The van der Waals surface area contributed by atoms with E-state index in [9.17, 15) is 35.6 Å². The molecule has 18 heteroatoms. The highest BCUT2D eigenvalue weighted by molar-refractivity contribution is 7.92. The summed E-state index contributed by atoms with van der Waals surface area (Å²) in [6.07, 6.45) is 2.21. The van der Waals surface area contributed by atoms with Crippen LogP contribution in [0.3, 0.4) is 0 Å². The number of ether oxygens (including phenoxy) is 1. The zero-order valence-corrected chi connectivity index (χ0v) is 31.7. The number of alkyl halides is 3. The maximum absolute atomic E-state index is 14.6. The van der Waals surface area contributed by atoms with Crippen molar-refractivity contribution < 1.29 is 40.3 Å². The first-order valence-corrected chi connectivity index (χ1v) is 20.0. The van der Waals surface area contributed by atoms with Crippen molar-refractivity contribution >= 4 is 39.0 Å². The van der Waals surface area contributed by atoms with Gasteiger partial charge in [-0.1, -0.05) is 11.8 Å². The van der Waals surface area contributed by atoms with Crippen molar-refractivity contribution in [3.63, 3.8) is 0 Å². The number of imide groups is 1. The van der Waals surface area contributed by atoms with Gasteiger partial charge in [-0.3, -0.25) is 19.6 Å². The molecule has 57 heavy (non-hydrogen) atoms. The van der Waals surface area contributed by atoms with E-state index in [0.717, 1.165) is 25.9 Å². The van der Waals surface area contributed by atoms with Gasteiger partial charge >= 0.3 is 6.18 Å². The van der Waals surface area contributed by atoms with Crippen molar-refractivity contribution in [2.75, 3.05) is 43.5 Å². The molecule has 1 saturated carbocycles. The molecule has 1 unspecified atom stereocenters. The Hall–Kier alpha value is -5.38. The molecule has 0 radical (unpaired) electrons. The molecule has 7 rings (SSSR count). The first kappa shape index (κ1) is 39.8. The summed E-state index contributed by atoms with van der Waals surface area (Å²) in [5.41, 5.74) is -0.131. The van der Waals surface area contributed by atoms with Gasteiger partial charge in [0.1, 0.15) is 24.0 Å². The Kier molecular flexibility index (Phi) is 11.3. The van der Waals surface area contributed by atoms with Crippen molar-refractivity contribution in [2.45, 2.75) is 60.9 Å². The molecule has 2 saturated heterocycles. The van der Waals surface area contributed by atoms with Crippen molar-refractivity contribution in [1.82, 2.24) is 30.0 Å². The van der Waals surface area contributed by atoms with E-state index in [1.807, 2.05) is 0 Å². The van der Waals surface area contributed by atoms with Gasteiger partial charge in [0.2, 0.25) is 17.8 Å². The molecule has 1 aliphatic carbocycles. The molecule has 4 heterocycles. The van der Waals surface area contributed by atoms with Crippen molar-refractivity contribution in [3.8, 4) is 23.1 Å². The summed E-state index contributed by atoms with van der Waals surface area (Å²) in [6, 6.07) is 9.85. The number of hydrogen-bond acceptors (Lipinski definition) is 11. The third-order valence-corrected chi connectivity index (χ3v) is 12.8. The third kappa shape index (κ3) is 9.27. The van der Waals surface area contributed by atoms with Gasteiger partial charge in [-0.05, 0) is 93.1 Å². The van der Waals surface area contributed by atoms with Crippen LogP contribution in [0.25, 0.3) is 11.3 Å². The van der Waals surface area contributed by atoms with Crippen LogP contribution in [0.4, 0.5) is 34.9 Å². The minimum Gasteiger partial charge on any atom is -0.374 e. The van der Waals surface area contributed by atoms with Gasteiger partial charge in [0.15, 0.2) is 9.84 Å². The lowest BCUT2D eigenvalue weighted by Gasteiger charge is -2.51. The van der Waals surface area contributed by atoms with E-state index < -0.39 is 44.6 Å². The number of carbonyl (C=O) groups is 2. The smallest absolute Gasteiger partial charge is 0.374 e. The summed E-state index contributed by atoms with van der Waals surface area (Å²) in [7, 11) is -2.01. The average molecular weight is 809 g/mol. The minimum absolute atomic E-state index is 0.0228. The first-order valence-electron chi connectivity index (χ1n) is 18.4. The number of sulfone groups is 1. The lowest BCUT2D eigenvalue weighted by molar-refractivity contribution is -0.137. The van der Waals surface area contributed by atoms with Crippen LogP contribution >= 0.6 is 0 Å². The number of anilines is 3. The number of nitrogens with one attached hydrogen (secondary N) is 3. The molecule has 3 aliphatic rings. The van der Waals surface area contributed by atoms with Crippen LogP contribution in [0.5, 0.6) is 0 Å². The van der Waals surface area contributed by atoms with E-state index in [1.165, 1.54) is 41.3 Å².